The number of benzene rings is 1. The van der Waals surface area contributed by atoms with Crippen LogP contribution in [0.2, 0.25) is 0 Å². The molecule has 10 nitrogen and oxygen atoms in total. The topological polar surface area (TPSA) is 137 Å². The molecule has 1 aliphatic rings. The first kappa shape index (κ1) is 19.6. The van der Waals surface area contributed by atoms with Crippen LogP contribution in [-0.4, -0.2) is 41.4 Å². The Morgan fingerprint density at radius 3 is 2.72 bits per heavy atom. The summed E-state index contributed by atoms with van der Waals surface area (Å²) in [6, 6.07) is 8.10. The number of amides is 1. The number of nitrogens with zero attached hydrogens (tertiary/aromatic N) is 6. The summed E-state index contributed by atoms with van der Waals surface area (Å²) in [5, 5.41) is 6.74. The number of anilines is 3. The van der Waals surface area contributed by atoms with Gasteiger partial charge in [-0.15, -0.1) is 0 Å². The maximum absolute atomic E-state index is 11.8. The number of carbonyl (C=O) groups excluding carboxylic acids is 1. The summed E-state index contributed by atoms with van der Waals surface area (Å²) in [6.45, 7) is 1.98. The van der Waals surface area contributed by atoms with Gasteiger partial charge >= 0.3 is 0 Å². The predicted molar refractivity (Wildman–Crippen MR) is 120 cm³/mol. The molecule has 4 N–H and O–H groups in total. The first-order chi connectivity index (χ1) is 15.6. The van der Waals surface area contributed by atoms with E-state index in [9.17, 15) is 4.79 Å². The van der Waals surface area contributed by atoms with Crippen LogP contribution in [0.5, 0.6) is 0 Å². The third kappa shape index (κ3) is 3.97. The molecule has 1 aromatic carbocycles. The second kappa shape index (κ2) is 8.06. The minimum Gasteiger partial charge on any atom is -0.367 e. The highest BCUT2D eigenvalue weighted by Crippen LogP contribution is 2.29. The Hall–Kier alpha value is -4.34. The van der Waals surface area contributed by atoms with E-state index in [-0.39, 0.29) is 5.69 Å². The normalized spacial score (nSPS) is 13.0. The smallest absolute Gasteiger partial charge is 0.269 e. The molecule has 0 spiro atoms. The molecule has 160 valence electrons. The third-order valence-corrected chi connectivity index (χ3v) is 5.16. The van der Waals surface area contributed by atoms with Crippen LogP contribution < -0.4 is 16.4 Å². The fraction of sp³-hybridized carbons (Fsp3) is 0.182. The molecule has 0 unspecified atom stereocenters. The largest absolute Gasteiger partial charge is 0.367 e. The second-order valence-electron chi connectivity index (χ2n) is 7.57. The van der Waals surface area contributed by atoms with E-state index in [4.69, 9.17) is 5.73 Å². The number of nitrogens with two attached hydrogens (primary N) is 1. The van der Waals surface area contributed by atoms with Crippen molar-refractivity contribution in [3.05, 3.63) is 66.6 Å². The summed E-state index contributed by atoms with van der Waals surface area (Å²) in [5.74, 6) is 1.45. The van der Waals surface area contributed by atoms with Gasteiger partial charge in [-0.1, -0.05) is 12.1 Å². The van der Waals surface area contributed by atoms with Gasteiger partial charge in [0.05, 0.1) is 0 Å². The molecule has 1 saturated carbocycles. The number of hydrogen-bond acceptors (Lipinski definition) is 8. The van der Waals surface area contributed by atoms with Crippen LogP contribution in [0, 0.1) is 6.92 Å². The first-order valence-corrected chi connectivity index (χ1v) is 10.2. The van der Waals surface area contributed by atoms with E-state index in [0.717, 1.165) is 35.5 Å². The van der Waals surface area contributed by atoms with Crippen LogP contribution in [0.15, 0.2) is 55.4 Å². The third-order valence-electron chi connectivity index (χ3n) is 5.16. The molecule has 1 fully saturated rings. The predicted octanol–water partition coefficient (Wildman–Crippen LogP) is 2.84. The molecular formula is C22H21N9O. The molecule has 0 radical (unpaired) electrons. The van der Waals surface area contributed by atoms with Gasteiger partial charge in [-0.05, 0) is 31.4 Å². The fourth-order valence-corrected chi connectivity index (χ4v) is 3.33. The van der Waals surface area contributed by atoms with Crippen molar-refractivity contribution >= 4 is 23.4 Å². The molecule has 1 aliphatic carbocycles. The Kier molecular flexibility index (Phi) is 4.94. The summed E-state index contributed by atoms with van der Waals surface area (Å²) in [4.78, 5) is 33.3. The average Bonchev–Trinajstić information content (AvgIpc) is 3.49. The van der Waals surface area contributed by atoms with Gasteiger partial charge in [0.25, 0.3) is 5.91 Å². The zero-order valence-corrected chi connectivity index (χ0v) is 17.4. The molecule has 3 aromatic heterocycles. The number of aromatic nitrogens is 6. The average molecular weight is 427 g/mol. The van der Waals surface area contributed by atoms with Crippen molar-refractivity contribution in [3.63, 3.8) is 0 Å². The lowest BCUT2D eigenvalue weighted by atomic mass is 10.1. The molecule has 1 amide bonds. The van der Waals surface area contributed by atoms with E-state index in [1.54, 1.807) is 6.20 Å². The van der Waals surface area contributed by atoms with Crippen LogP contribution in [0.1, 0.15) is 28.9 Å². The molecular weight excluding hydrogens is 406 g/mol. The van der Waals surface area contributed by atoms with Crippen LogP contribution in [-0.2, 0) is 0 Å². The second-order valence-corrected chi connectivity index (χ2v) is 7.57. The van der Waals surface area contributed by atoms with Crippen LogP contribution in [0.4, 0.5) is 17.5 Å². The molecule has 32 heavy (non-hydrogen) atoms. The highest BCUT2D eigenvalue weighted by atomic mass is 16.1. The van der Waals surface area contributed by atoms with E-state index >= 15 is 0 Å². The number of rotatable bonds is 7. The van der Waals surface area contributed by atoms with E-state index in [1.165, 1.54) is 18.7 Å². The number of hydrogen-bond donors (Lipinski definition) is 3. The Labute approximate surface area is 184 Å². The standard InChI is InChI=1S/C22H21N9O/c1-13-2-3-14(19-20(21(23)32)25-7-6-24-19)10-16(13)30-22-26-8-9-31(22)18-11-17(27-12-28-18)29-15-4-5-15/h2-3,6-12,15H,4-5H2,1H3,(H2,23,32)(H,26,30)(H,27,28,29). The number of imidazole rings is 1. The zero-order valence-electron chi connectivity index (χ0n) is 17.4. The van der Waals surface area contributed by atoms with Crippen molar-refractivity contribution in [3.8, 4) is 17.1 Å². The maximum atomic E-state index is 11.8. The lowest BCUT2D eigenvalue weighted by molar-refractivity contribution is 0.0996. The van der Waals surface area contributed by atoms with Gasteiger partial charge in [-0.3, -0.25) is 14.3 Å². The summed E-state index contributed by atoms with van der Waals surface area (Å²) < 4.78 is 1.85. The SMILES string of the molecule is Cc1ccc(-c2nccnc2C(N)=O)cc1Nc1nccn1-c1cc(NC2CC2)ncn1. The quantitative estimate of drug-likeness (QED) is 0.409. The van der Waals surface area contributed by atoms with E-state index in [1.807, 2.05) is 42.0 Å². The summed E-state index contributed by atoms with van der Waals surface area (Å²) in [7, 11) is 0. The highest BCUT2D eigenvalue weighted by Gasteiger charge is 2.21. The van der Waals surface area contributed by atoms with Crippen molar-refractivity contribution in [2.24, 2.45) is 5.73 Å². The number of primary amides is 1. The Bertz CT molecular complexity index is 1300. The number of carbonyl (C=O) groups is 1. The van der Waals surface area contributed by atoms with E-state index < -0.39 is 5.91 Å². The number of aryl methyl sites for hydroxylation is 1. The van der Waals surface area contributed by atoms with Gasteiger partial charge in [-0.2, -0.15) is 0 Å². The molecule has 0 aliphatic heterocycles. The van der Waals surface area contributed by atoms with E-state index in [2.05, 4.69) is 35.6 Å². The van der Waals surface area contributed by atoms with Gasteiger partial charge in [0.1, 0.15) is 23.7 Å². The molecule has 0 saturated heterocycles. The maximum Gasteiger partial charge on any atom is 0.269 e. The highest BCUT2D eigenvalue weighted by molar-refractivity contribution is 5.97. The van der Waals surface area contributed by atoms with Gasteiger partial charge in [0.2, 0.25) is 5.95 Å². The first-order valence-electron chi connectivity index (χ1n) is 10.2. The molecule has 5 rings (SSSR count). The molecule has 10 heteroatoms. The molecule has 4 aromatic rings. The van der Waals surface area contributed by atoms with Crippen LogP contribution in [0.3, 0.4) is 0 Å². The van der Waals surface area contributed by atoms with Crippen molar-refractivity contribution in [1.82, 2.24) is 29.5 Å². The van der Waals surface area contributed by atoms with Crippen molar-refractivity contribution in [1.29, 1.82) is 0 Å². The summed E-state index contributed by atoms with van der Waals surface area (Å²) in [5.41, 5.74) is 8.54. The van der Waals surface area contributed by atoms with Crippen molar-refractivity contribution < 1.29 is 4.79 Å². The van der Waals surface area contributed by atoms with Gasteiger partial charge in [0, 0.05) is 48.1 Å². The summed E-state index contributed by atoms with van der Waals surface area (Å²) in [6.07, 6.45) is 10.4. The lowest BCUT2D eigenvalue weighted by Crippen LogP contribution is -2.15. The minimum atomic E-state index is -0.627. The monoisotopic (exact) mass is 427 g/mol. The molecule has 0 bridgehead atoms. The minimum absolute atomic E-state index is 0.125. The Balaban J connectivity index is 1.47. The van der Waals surface area contributed by atoms with Gasteiger partial charge in [0.15, 0.2) is 5.69 Å². The summed E-state index contributed by atoms with van der Waals surface area (Å²) >= 11 is 0. The van der Waals surface area contributed by atoms with Gasteiger partial charge in [-0.25, -0.2) is 19.9 Å². The zero-order chi connectivity index (χ0) is 22.1. The van der Waals surface area contributed by atoms with Crippen molar-refractivity contribution in [2.45, 2.75) is 25.8 Å². The van der Waals surface area contributed by atoms with Crippen molar-refractivity contribution in [2.75, 3.05) is 10.6 Å². The molecule has 3 heterocycles. The Morgan fingerprint density at radius 2 is 1.91 bits per heavy atom. The lowest BCUT2D eigenvalue weighted by Gasteiger charge is -2.14. The van der Waals surface area contributed by atoms with Gasteiger partial charge < -0.3 is 16.4 Å². The van der Waals surface area contributed by atoms with Crippen LogP contribution in [0.25, 0.3) is 17.1 Å². The van der Waals surface area contributed by atoms with Crippen LogP contribution >= 0.6 is 0 Å². The van der Waals surface area contributed by atoms with E-state index in [0.29, 0.717) is 23.5 Å². The Morgan fingerprint density at radius 1 is 1.06 bits per heavy atom. The fourth-order valence-electron chi connectivity index (χ4n) is 3.33. The molecule has 0 atom stereocenters. The number of nitrogens with one attached hydrogen (secondary N) is 2.